The number of aliphatic hydroxyl groups excluding tert-OH is 1. The van der Waals surface area contributed by atoms with Gasteiger partial charge in [0, 0.05) is 19.8 Å². The number of ether oxygens (including phenoxy) is 1. The van der Waals surface area contributed by atoms with E-state index in [0.717, 1.165) is 63.3 Å². The van der Waals surface area contributed by atoms with Gasteiger partial charge in [0.05, 0.1) is 22.9 Å². The Kier molecular flexibility index (Phi) is 12.8. The molecule has 0 spiro atoms. The highest BCUT2D eigenvalue weighted by molar-refractivity contribution is 7.92. The molecule has 2 rings (SSSR count). The van der Waals surface area contributed by atoms with Crippen molar-refractivity contribution in [2.24, 2.45) is 5.14 Å². The van der Waals surface area contributed by atoms with Gasteiger partial charge in [0.15, 0.2) is 0 Å². The number of nitrogens with two attached hydrogens (primary N) is 1. The molecule has 0 unspecified atom stereocenters. The summed E-state index contributed by atoms with van der Waals surface area (Å²) in [7, 11) is -7.21. The highest BCUT2D eigenvalue weighted by Gasteiger charge is 2.13. The number of sulfonamides is 2. The Labute approximate surface area is 220 Å². The van der Waals surface area contributed by atoms with Crippen LogP contribution in [0.5, 0.6) is 5.75 Å². The molecule has 0 bridgehead atoms. The van der Waals surface area contributed by atoms with E-state index in [1.165, 1.54) is 18.2 Å². The lowest BCUT2D eigenvalue weighted by molar-refractivity contribution is 0.126. The molecule has 0 aliphatic heterocycles. The molecular formula is C25H39N3O7S2. The minimum Gasteiger partial charge on any atom is -0.506 e. The minimum absolute atomic E-state index is 0.0381. The second-order valence-electron chi connectivity index (χ2n) is 9.05. The molecule has 2 aromatic carbocycles. The molecular weight excluding hydrogens is 518 g/mol. The number of primary sulfonamides is 1. The molecule has 0 saturated carbocycles. The molecule has 12 heteroatoms. The van der Waals surface area contributed by atoms with Gasteiger partial charge in [-0.25, -0.2) is 22.0 Å². The summed E-state index contributed by atoms with van der Waals surface area (Å²) in [5.41, 5.74) is 1.49. The third-order valence-electron chi connectivity index (χ3n) is 5.66. The molecule has 0 saturated heterocycles. The Hall–Kier alpha value is -2.22. The first-order chi connectivity index (χ1) is 17.5. The van der Waals surface area contributed by atoms with Crippen molar-refractivity contribution in [2.45, 2.75) is 55.9 Å². The number of aromatic hydroxyl groups is 1. The number of phenols is 1. The Morgan fingerprint density at radius 2 is 1.65 bits per heavy atom. The Morgan fingerprint density at radius 3 is 2.35 bits per heavy atom. The van der Waals surface area contributed by atoms with Crippen LogP contribution in [0.1, 0.15) is 55.8 Å². The van der Waals surface area contributed by atoms with E-state index in [2.05, 4.69) is 10.0 Å². The van der Waals surface area contributed by atoms with Crippen molar-refractivity contribution in [1.82, 2.24) is 5.32 Å². The van der Waals surface area contributed by atoms with Crippen molar-refractivity contribution in [3.8, 4) is 5.75 Å². The summed E-state index contributed by atoms with van der Waals surface area (Å²) in [6.45, 7) is 2.44. The zero-order valence-electron chi connectivity index (χ0n) is 21.2. The van der Waals surface area contributed by atoms with E-state index in [1.54, 1.807) is 18.2 Å². The monoisotopic (exact) mass is 557 g/mol. The van der Waals surface area contributed by atoms with Gasteiger partial charge in [-0.1, -0.05) is 31.0 Å². The van der Waals surface area contributed by atoms with E-state index in [0.29, 0.717) is 25.3 Å². The molecule has 1 atom stereocenters. The minimum atomic E-state index is -3.67. The lowest BCUT2D eigenvalue weighted by Crippen LogP contribution is -2.22. The normalized spacial score (nSPS) is 12.9. The molecule has 208 valence electrons. The van der Waals surface area contributed by atoms with Gasteiger partial charge in [-0.3, -0.25) is 4.72 Å². The Balaban J connectivity index is 1.48. The van der Waals surface area contributed by atoms with Crippen LogP contribution in [0.3, 0.4) is 0 Å². The van der Waals surface area contributed by atoms with E-state index in [4.69, 9.17) is 9.88 Å². The van der Waals surface area contributed by atoms with Crippen LogP contribution in [0.25, 0.3) is 0 Å². The number of nitrogens with one attached hydrogen (secondary N) is 2. The number of hydrogen-bond donors (Lipinski definition) is 5. The van der Waals surface area contributed by atoms with Crippen LogP contribution >= 0.6 is 0 Å². The van der Waals surface area contributed by atoms with Crippen molar-refractivity contribution in [1.29, 1.82) is 0 Å². The van der Waals surface area contributed by atoms with Crippen molar-refractivity contribution in [3.05, 3.63) is 53.6 Å². The van der Waals surface area contributed by atoms with E-state index < -0.39 is 26.2 Å². The van der Waals surface area contributed by atoms with Crippen LogP contribution in [0.2, 0.25) is 0 Å². The third-order valence-corrected chi connectivity index (χ3v) is 7.16. The van der Waals surface area contributed by atoms with Crippen LogP contribution in [0.15, 0.2) is 47.4 Å². The van der Waals surface area contributed by atoms with Crippen LogP contribution in [0.4, 0.5) is 5.69 Å². The molecule has 0 amide bonds. The van der Waals surface area contributed by atoms with Gasteiger partial charge >= 0.3 is 0 Å². The van der Waals surface area contributed by atoms with E-state index in [1.807, 2.05) is 6.07 Å². The number of aliphatic hydroxyl groups is 1. The van der Waals surface area contributed by atoms with Crippen LogP contribution < -0.4 is 15.2 Å². The number of unbranched alkanes of at least 4 members (excludes halogenated alkanes) is 4. The second kappa shape index (κ2) is 15.3. The molecule has 0 fully saturated rings. The first kappa shape index (κ1) is 31.0. The summed E-state index contributed by atoms with van der Waals surface area (Å²) >= 11 is 0. The van der Waals surface area contributed by atoms with Crippen LogP contribution in [-0.4, -0.2) is 59.6 Å². The summed E-state index contributed by atoms with van der Waals surface area (Å²) in [5, 5.41) is 28.5. The molecule has 2 aromatic rings. The largest absolute Gasteiger partial charge is 0.506 e. The molecule has 0 radical (unpaired) electrons. The number of hydrogen-bond acceptors (Lipinski definition) is 8. The Bertz CT molecular complexity index is 1190. The average molecular weight is 558 g/mol. The quantitative estimate of drug-likeness (QED) is 0.138. The zero-order chi connectivity index (χ0) is 27.3. The molecule has 0 aromatic heterocycles. The van der Waals surface area contributed by atoms with Crippen molar-refractivity contribution in [3.63, 3.8) is 0 Å². The topological polar surface area (TPSA) is 168 Å². The Morgan fingerprint density at radius 1 is 0.946 bits per heavy atom. The van der Waals surface area contributed by atoms with Gasteiger partial charge in [-0.2, -0.15) is 0 Å². The van der Waals surface area contributed by atoms with Gasteiger partial charge in [0.2, 0.25) is 20.0 Å². The molecule has 0 aliphatic carbocycles. The number of anilines is 1. The lowest BCUT2D eigenvalue weighted by Gasteiger charge is -2.14. The second-order valence-corrected chi connectivity index (χ2v) is 12.4. The summed E-state index contributed by atoms with van der Waals surface area (Å²) in [4.78, 5) is 0.142. The van der Waals surface area contributed by atoms with Gasteiger partial charge in [-0.05, 0) is 74.0 Å². The maximum Gasteiger partial charge on any atom is 0.238 e. The predicted molar refractivity (Wildman–Crippen MR) is 144 cm³/mol. The molecule has 10 nitrogen and oxygen atoms in total. The SMILES string of the molecule is CS(=O)(=O)Nc1cc([C@@H](O)CNCCCCCCOCCCCc2cccc(S(N)(=O)=O)c2)ccc1O. The van der Waals surface area contributed by atoms with Gasteiger partial charge in [0.1, 0.15) is 5.75 Å². The van der Waals surface area contributed by atoms with E-state index >= 15 is 0 Å². The first-order valence-corrected chi connectivity index (χ1v) is 15.8. The summed E-state index contributed by atoms with van der Waals surface area (Å²) in [6, 6.07) is 11.1. The molecule has 0 heterocycles. The highest BCUT2D eigenvalue weighted by Crippen LogP contribution is 2.27. The number of rotatable bonds is 18. The molecule has 37 heavy (non-hydrogen) atoms. The fourth-order valence-corrected chi connectivity index (χ4v) is 4.87. The fourth-order valence-electron chi connectivity index (χ4n) is 3.72. The fraction of sp³-hybridized carbons (Fsp3) is 0.520. The van der Waals surface area contributed by atoms with Crippen molar-refractivity contribution >= 4 is 25.7 Å². The maximum atomic E-state index is 11.4. The number of phenolic OH excluding ortho intramolecular Hbond substituents is 1. The molecule has 6 N–H and O–H groups in total. The summed E-state index contributed by atoms with van der Waals surface area (Å²) in [6.07, 6.45) is 6.77. The standard InChI is InChI=1S/C25H39N3O7S2/c1-36(31,32)28-23-18-21(12-13-24(23)29)25(30)19-27-14-5-2-3-6-15-35-16-7-4-9-20-10-8-11-22(17-20)37(26,33)34/h8,10-13,17-18,25,27-30H,2-7,9,14-16,19H2,1H3,(H2,26,33,34)/t25-/m0/s1. The van der Waals surface area contributed by atoms with Crippen LogP contribution in [-0.2, 0) is 31.2 Å². The van der Waals surface area contributed by atoms with Gasteiger partial charge < -0.3 is 20.3 Å². The van der Waals surface area contributed by atoms with E-state index in [9.17, 15) is 27.0 Å². The van der Waals surface area contributed by atoms with Crippen LogP contribution in [0, 0.1) is 0 Å². The number of benzene rings is 2. The average Bonchev–Trinajstić information content (AvgIpc) is 2.82. The summed E-state index contributed by atoms with van der Waals surface area (Å²) < 4.78 is 53.5. The highest BCUT2D eigenvalue weighted by atomic mass is 32.2. The zero-order valence-corrected chi connectivity index (χ0v) is 22.9. The smallest absolute Gasteiger partial charge is 0.238 e. The number of aryl methyl sites for hydroxylation is 1. The lowest BCUT2D eigenvalue weighted by atomic mass is 10.1. The van der Waals surface area contributed by atoms with Gasteiger partial charge in [0.25, 0.3) is 0 Å². The maximum absolute atomic E-state index is 11.4. The van der Waals surface area contributed by atoms with E-state index in [-0.39, 0.29) is 16.3 Å². The third kappa shape index (κ3) is 12.7. The van der Waals surface area contributed by atoms with Crippen molar-refractivity contribution < 1.29 is 31.8 Å². The van der Waals surface area contributed by atoms with Crippen molar-refractivity contribution in [2.75, 3.05) is 37.3 Å². The predicted octanol–water partition coefficient (Wildman–Crippen LogP) is 2.63. The van der Waals surface area contributed by atoms with Gasteiger partial charge in [-0.15, -0.1) is 0 Å². The summed E-state index contributed by atoms with van der Waals surface area (Å²) in [5.74, 6) is -0.202. The molecule has 0 aliphatic rings. The first-order valence-electron chi connectivity index (χ1n) is 12.3.